The number of piperidine rings is 1. The van der Waals surface area contributed by atoms with Crippen LogP contribution in [0.2, 0.25) is 0 Å². The zero-order chi connectivity index (χ0) is 21.6. The Labute approximate surface area is 183 Å². The quantitative estimate of drug-likeness (QED) is 0.805. The summed E-state index contributed by atoms with van der Waals surface area (Å²) in [5, 5.41) is 6.69. The molecule has 7 heteroatoms. The number of aromatic amines is 1. The van der Waals surface area contributed by atoms with E-state index in [1.54, 1.807) is 12.3 Å². The SMILES string of the molecule is CCOc1cccc2c1OC(C)(C)[C@H]1CC3(CCN(C(=O)c4ccn[nH]4)CC3)CO[C@H]21. The Morgan fingerprint density at radius 3 is 2.81 bits per heavy atom. The molecule has 1 N–H and O–H groups in total. The summed E-state index contributed by atoms with van der Waals surface area (Å²) in [5.41, 5.74) is 1.37. The number of hydrogen-bond donors (Lipinski definition) is 1. The minimum absolute atomic E-state index is 0.00874. The van der Waals surface area contributed by atoms with E-state index >= 15 is 0 Å². The number of fused-ring (bicyclic) bond motifs is 3. The van der Waals surface area contributed by atoms with Crippen LogP contribution in [-0.4, -0.2) is 52.9 Å². The van der Waals surface area contributed by atoms with E-state index in [4.69, 9.17) is 14.2 Å². The van der Waals surface area contributed by atoms with E-state index in [0.717, 1.165) is 49.4 Å². The zero-order valence-electron chi connectivity index (χ0n) is 18.5. The van der Waals surface area contributed by atoms with Gasteiger partial charge in [-0.1, -0.05) is 12.1 Å². The Hall–Kier alpha value is -2.54. The summed E-state index contributed by atoms with van der Waals surface area (Å²) in [5.74, 6) is 1.90. The number of H-pyrrole nitrogens is 1. The zero-order valence-corrected chi connectivity index (χ0v) is 18.5. The normalized spacial score (nSPS) is 26.0. The lowest BCUT2D eigenvalue weighted by atomic mass is 9.64. The van der Waals surface area contributed by atoms with Crippen molar-refractivity contribution >= 4 is 5.91 Å². The molecule has 1 aromatic heterocycles. The van der Waals surface area contributed by atoms with Gasteiger partial charge in [-0.3, -0.25) is 9.89 Å². The van der Waals surface area contributed by atoms with Crippen LogP contribution >= 0.6 is 0 Å². The lowest BCUT2D eigenvalue weighted by molar-refractivity contribution is -0.173. The fraction of sp³-hybridized carbons (Fsp3) is 0.583. The molecular weight excluding hydrogens is 394 g/mol. The van der Waals surface area contributed by atoms with Crippen molar-refractivity contribution in [3.8, 4) is 11.5 Å². The van der Waals surface area contributed by atoms with E-state index in [2.05, 4.69) is 30.1 Å². The first-order valence-corrected chi connectivity index (χ1v) is 11.3. The van der Waals surface area contributed by atoms with Gasteiger partial charge in [-0.25, -0.2) is 0 Å². The van der Waals surface area contributed by atoms with E-state index < -0.39 is 0 Å². The molecule has 31 heavy (non-hydrogen) atoms. The van der Waals surface area contributed by atoms with Crippen LogP contribution in [0.5, 0.6) is 11.5 Å². The third-order valence-corrected chi connectivity index (χ3v) is 7.30. The number of amides is 1. The van der Waals surface area contributed by atoms with E-state index in [0.29, 0.717) is 18.9 Å². The summed E-state index contributed by atoms with van der Waals surface area (Å²) in [7, 11) is 0. The summed E-state index contributed by atoms with van der Waals surface area (Å²) in [6.45, 7) is 9.11. The Morgan fingerprint density at radius 2 is 2.10 bits per heavy atom. The third-order valence-electron chi connectivity index (χ3n) is 7.30. The van der Waals surface area contributed by atoms with Crippen LogP contribution in [0.3, 0.4) is 0 Å². The first kappa shape index (κ1) is 20.4. The maximum absolute atomic E-state index is 12.7. The molecule has 4 heterocycles. The minimum Gasteiger partial charge on any atom is -0.490 e. The van der Waals surface area contributed by atoms with Gasteiger partial charge >= 0.3 is 0 Å². The second-order valence-corrected chi connectivity index (χ2v) is 9.62. The average molecular weight is 426 g/mol. The van der Waals surface area contributed by atoms with Crippen molar-refractivity contribution in [2.75, 3.05) is 26.3 Å². The number of carbonyl (C=O) groups excluding carboxylic acids is 1. The van der Waals surface area contributed by atoms with E-state index in [1.807, 2.05) is 24.0 Å². The van der Waals surface area contributed by atoms with Gasteiger partial charge < -0.3 is 19.1 Å². The van der Waals surface area contributed by atoms with Gasteiger partial charge in [0, 0.05) is 30.8 Å². The Bertz CT molecular complexity index is 948. The molecule has 0 saturated carbocycles. The Balaban J connectivity index is 1.34. The van der Waals surface area contributed by atoms with Crippen molar-refractivity contribution in [2.45, 2.75) is 51.7 Å². The van der Waals surface area contributed by atoms with Crippen molar-refractivity contribution in [3.63, 3.8) is 0 Å². The van der Waals surface area contributed by atoms with Crippen molar-refractivity contribution in [3.05, 3.63) is 41.7 Å². The molecule has 3 aliphatic heterocycles. The van der Waals surface area contributed by atoms with Gasteiger partial charge in [0.1, 0.15) is 11.3 Å². The number of likely N-dealkylation sites (tertiary alicyclic amines) is 1. The minimum atomic E-state index is -0.360. The van der Waals surface area contributed by atoms with Crippen molar-refractivity contribution in [1.29, 1.82) is 0 Å². The van der Waals surface area contributed by atoms with Gasteiger partial charge in [0.15, 0.2) is 11.5 Å². The van der Waals surface area contributed by atoms with Crippen LogP contribution in [-0.2, 0) is 4.74 Å². The second-order valence-electron chi connectivity index (χ2n) is 9.62. The van der Waals surface area contributed by atoms with Crippen LogP contribution < -0.4 is 9.47 Å². The largest absolute Gasteiger partial charge is 0.490 e. The highest BCUT2D eigenvalue weighted by molar-refractivity contribution is 5.92. The second kappa shape index (κ2) is 7.55. The summed E-state index contributed by atoms with van der Waals surface area (Å²) in [6.07, 6.45) is 4.55. The van der Waals surface area contributed by atoms with Crippen LogP contribution in [0.4, 0.5) is 0 Å². The predicted molar refractivity (Wildman–Crippen MR) is 115 cm³/mol. The molecule has 5 rings (SSSR count). The van der Waals surface area contributed by atoms with Crippen LogP contribution in [0.1, 0.15) is 62.2 Å². The van der Waals surface area contributed by atoms with Crippen molar-refractivity contribution in [1.82, 2.24) is 15.1 Å². The van der Waals surface area contributed by atoms with Gasteiger partial charge in [0.2, 0.25) is 0 Å². The molecule has 0 bridgehead atoms. The lowest BCUT2D eigenvalue weighted by Crippen LogP contribution is -2.54. The van der Waals surface area contributed by atoms with Crippen LogP contribution in [0.25, 0.3) is 0 Å². The fourth-order valence-electron chi connectivity index (χ4n) is 5.48. The topological polar surface area (TPSA) is 76.7 Å². The highest BCUT2D eigenvalue weighted by Gasteiger charge is 2.53. The predicted octanol–water partition coefficient (Wildman–Crippen LogP) is 3.98. The van der Waals surface area contributed by atoms with E-state index in [9.17, 15) is 4.79 Å². The summed E-state index contributed by atoms with van der Waals surface area (Å²) in [6, 6.07) is 7.83. The summed E-state index contributed by atoms with van der Waals surface area (Å²) >= 11 is 0. The first-order valence-electron chi connectivity index (χ1n) is 11.3. The molecule has 7 nitrogen and oxygen atoms in total. The van der Waals surface area contributed by atoms with Crippen molar-refractivity contribution in [2.24, 2.45) is 11.3 Å². The Kier molecular flexibility index (Phi) is 4.96. The third kappa shape index (κ3) is 3.49. The monoisotopic (exact) mass is 425 g/mol. The molecule has 2 aromatic rings. The van der Waals surface area contributed by atoms with Gasteiger partial charge in [0.05, 0.1) is 19.3 Å². The maximum atomic E-state index is 12.7. The number of para-hydroxylation sites is 1. The number of rotatable bonds is 3. The maximum Gasteiger partial charge on any atom is 0.271 e. The standard InChI is InChI=1S/C24H31N3O4/c1-4-29-19-7-5-6-16-20-17(23(2,3)31-21(16)19)14-24(15-30-20)9-12-27(13-10-24)22(28)18-8-11-25-26-18/h5-8,11,17,20H,4,9-10,12-15H2,1-3H3,(H,25,26)/t17-,20+/m0/s1. The number of nitrogens with zero attached hydrogens (tertiary/aromatic N) is 2. The van der Waals surface area contributed by atoms with Crippen molar-refractivity contribution < 1.29 is 19.0 Å². The molecule has 1 aromatic carbocycles. The van der Waals surface area contributed by atoms with E-state index in [1.165, 1.54) is 0 Å². The number of hydrogen-bond acceptors (Lipinski definition) is 5. The molecule has 0 aliphatic carbocycles. The van der Waals surface area contributed by atoms with Gasteiger partial charge in [-0.05, 0) is 57.6 Å². The molecule has 1 spiro atoms. The van der Waals surface area contributed by atoms with Gasteiger partial charge in [-0.2, -0.15) is 5.10 Å². The highest BCUT2D eigenvalue weighted by atomic mass is 16.5. The number of carbonyl (C=O) groups is 1. The van der Waals surface area contributed by atoms with Gasteiger partial charge in [0.25, 0.3) is 5.91 Å². The molecule has 0 unspecified atom stereocenters. The molecule has 166 valence electrons. The molecular formula is C24H31N3O4. The number of benzene rings is 1. The van der Waals surface area contributed by atoms with E-state index in [-0.39, 0.29) is 28.9 Å². The number of aromatic nitrogens is 2. The Morgan fingerprint density at radius 1 is 1.29 bits per heavy atom. The average Bonchev–Trinajstić information content (AvgIpc) is 3.30. The lowest BCUT2D eigenvalue weighted by Gasteiger charge is -2.54. The molecule has 0 radical (unpaired) electrons. The van der Waals surface area contributed by atoms with Crippen LogP contribution in [0, 0.1) is 11.3 Å². The number of nitrogens with one attached hydrogen (secondary N) is 1. The molecule has 2 fully saturated rings. The first-order chi connectivity index (χ1) is 14.9. The summed E-state index contributed by atoms with van der Waals surface area (Å²) in [4.78, 5) is 14.6. The summed E-state index contributed by atoms with van der Waals surface area (Å²) < 4.78 is 18.9. The molecule has 2 atom stereocenters. The molecule has 3 aliphatic rings. The van der Waals surface area contributed by atoms with Crippen LogP contribution in [0.15, 0.2) is 30.5 Å². The molecule has 2 saturated heterocycles. The number of ether oxygens (including phenoxy) is 3. The van der Waals surface area contributed by atoms with Gasteiger partial charge in [-0.15, -0.1) is 0 Å². The smallest absolute Gasteiger partial charge is 0.271 e. The molecule has 1 amide bonds. The highest BCUT2D eigenvalue weighted by Crippen LogP contribution is 2.57. The fourth-order valence-corrected chi connectivity index (χ4v) is 5.48.